The first-order valence-corrected chi connectivity index (χ1v) is 5.57. The smallest absolute Gasteiger partial charge is 0.0599 e. The fraction of sp³-hybridized carbons (Fsp3) is 1.00. The maximum absolute atomic E-state index is 9.35. The highest BCUT2D eigenvalue weighted by Gasteiger charge is 2.31. The predicted molar refractivity (Wildman–Crippen MR) is 56.4 cm³/mol. The molecule has 2 aliphatic heterocycles. The molecule has 2 saturated heterocycles. The number of nitrogens with one attached hydrogen (secondary N) is 1. The fourth-order valence-corrected chi connectivity index (χ4v) is 2.59. The highest BCUT2D eigenvalue weighted by molar-refractivity contribution is 4.89. The summed E-state index contributed by atoms with van der Waals surface area (Å²) in [5, 5.41) is 12.7. The Morgan fingerprint density at radius 3 is 2.93 bits per heavy atom. The van der Waals surface area contributed by atoms with Crippen LogP contribution < -0.4 is 5.32 Å². The number of aliphatic hydroxyl groups is 1. The van der Waals surface area contributed by atoms with Crippen molar-refractivity contribution in [3.8, 4) is 0 Å². The second-order valence-corrected chi connectivity index (χ2v) is 4.48. The van der Waals surface area contributed by atoms with Crippen molar-refractivity contribution >= 4 is 0 Å². The summed E-state index contributed by atoms with van der Waals surface area (Å²) in [6.07, 6.45) is 1.24. The SMILES string of the molecule is CN1CCN([C@@H]2CCNC2)[C@@H](CO)C1. The van der Waals surface area contributed by atoms with E-state index >= 15 is 0 Å². The molecule has 2 N–H and O–H groups in total. The zero-order valence-corrected chi connectivity index (χ0v) is 8.95. The van der Waals surface area contributed by atoms with Gasteiger partial charge >= 0.3 is 0 Å². The van der Waals surface area contributed by atoms with Crippen LogP contribution >= 0.6 is 0 Å². The summed E-state index contributed by atoms with van der Waals surface area (Å²) in [5.41, 5.74) is 0. The lowest BCUT2D eigenvalue weighted by Crippen LogP contribution is -2.57. The monoisotopic (exact) mass is 199 g/mol. The predicted octanol–water partition coefficient (Wildman–Crippen LogP) is -1.04. The molecule has 2 aliphatic rings. The molecule has 0 amide bonds. The van der Waals surface area contributed by atoms with Crippen molar-refractivity contribution in [3.05, 3.63) is 0 Å². The van der Waals surface area contributed by atoms with Crippen molar-refractivity contribution in [2.75, 3.05) is 46.4 Å². The summed E-state index contributed by atoms with van der Waals surface area (Å²) in [4.78, 5) is 4.79. The number of hydrogen-bond donors (Lipinski definition) is 2. The van der Waals surface area contributed by atoms with Crippen LogP contribution in [0.3, 0.4) is 0 Å². The van der Waals surface area contributed by atoms with Gasteiger partial charge in [-0.2, -0.15) is 0 Å². The lowest BCUT2D eigenvalue weighted by molar-refractivity contribution is 0.0262. The minimum absolute atomic E-state index is 0.292. The maximum atomic E-state index is 9.35. The molecule has 2 heterocycles. The molecule has 0 aliphatic carbocycles. The van der Waals surface area contributed by atoms with E-state index in [1.807, 2.05) is 0 Å². The van der Waals surface area contributed by atoms with E-state index in [9.17, 15) is 5.11 Å². The van der Waals surface area contributed by atoms with E-state index in [2.05, 4.69) is 22.2 Å². The second-order valence-electron chi connectivity index (χ2n) is 4.48. The van der Waals surface area contributed by atoms with E-state index in [4.69, 9.17) is 0 Å². The largest absolute Gasteiger partial charge is 0.395 e. The van der Waals surface area contributed by atoms with Crippen molar-refractivity contribution in [2.45, 2.75) is 18.5 Å². The van der Waals surface area contributed by atoms with Gasteiger partial charge in [0.25, 0.3) is 0 Å². The molecular weight excluding hydrogens is 178 g/mol. The van der Waals surface area contributed by atoms with Crippen LogP contribution in [-0.4, -0.2) is 73.4 Å². The molecule has 0 unspecified atom stereocenters. The molecule has 4 heteroatoms. The van der Waals surface area contributed by atoms with Crippen LogP contribution in [0.5, 0.6) is 0 Å². The van der Waals surface area contributed by atoms with Crippen LogP contribution in [0.2, 0.25) is 0 Å². The zero-order valence-electron chi connectivity index (χ0n) is 8.95. The van der Waals surface area contributed by atoms with Crippen LogP contribution in [0.15, 0.2) is 0 Å². The highest BCUT2D eigenvalue weighted by Crippen LogP contribution is 2.16. The first-order valence-electron chi connectivity index (χ1n) is 5.57. The summed E-state index contributed by atoms with van der Waals surface area (Å²) < 4.78 is 0. The quantitative estimate of drug-likeness (QED) is 0.596. The van der Waals surface area contributed by atoms with Crippen molar-refractivity contribution in [1.82, 2.24) is 15.1 Å². The molecule has 0 aromatic rings. The lowest BCUT2D eigenvalue weighted by Gasteiger charge is -2.42. The Labute approximate surface area is 85.9 Å². The van der Waals surface area contributed by atoms with Gasteiger partial charge in [-0.25, -0.2) is 0 Å². The van der Waals surface area contributed by atoms with Gasteiger partial charge in [-0.15, -0.1) is 0 Å². The summed E-state index contributed by atoms with van der Waals surface area (Å²) in [6, 6.07) is 1.000. The van der Waals surface area contributed by atoms with Gasteiger partial charge in [0.1, 0.15) is 0 Å². The zero-order chi connectivity index (χ0) is 9.97. The third kappa shape index (κ3) is 2.08. The molecule has 2 rings (SSSR count). The molecule has 0 bridgehead atoms. The Morgan fingerprint density at radius 1 is 1.43 bits per heavy atom. The van der Waals surface area contributed by atoms with Gasteiger partial charge in [0.05, 0.1) is 6.61 Å². The van der Waals surface area contributed by atoms with Crippen molar-refractivity contribution in [3.63, 3.8) is 0 Å². The standard InChI is InChI=1S/C10H21N3O/c1-12-4-5-13(10(7-12)8-14)9-2-3-11-6-9/h9-11,14H,2-8H2,1H3/t9-,10-/m1/s1. The fourth-order valence-electron chi connectivity index (χ4n) is 2.59. The Bertz CT molecular complexity index is 182. The summed E-state index contributed by atoms with van der Waals surface area (Å²) in [6.45, 7) is 5.77. The van der Waals surface area contributed by atoms with Crippen LogP contribution in [0.1, 0.15) is 6.42 Å². The van der Waals surface area contributed by atoms with E-state index in [0.29, 0.717) is 18.7 Å². The number of likely N-dealkylation sites (N-methyl/N-ethyl adjacent to an activating group) is 1. The molecule has 0 aromatic heterocycles. The number of hydrogen-bond acceptors (Lipinski definition) is 4. The Morgan fingerprint density at radius 2 is 2.29 bits per heavy atom. The van der Waals surface area contributed by atoms with Gasteiger partial charge in [-0.05, 0) is 20.0 Å². The molecule has 82 valence electrons. The molecular formula is C10H21N3O. The Kier molecular flexibility index (Phi) is 3.38. The second kappa shape index (κ2) is 4.57. The van der Waals surface area contributed by atoms with Crippen molar-refractivity contribution < 1.29 is 5.11 Å². The minimum Gasteiger partial charge on any atom is -0.395 e. The Hall–Kier alpha value is -0.160. The van der Waals surface area contributed by atoms with Crippen molar-refractivity contribution in [2.24, 2.45) is 0 Å². The molecule has 4 nitrogen and oxygen atoms in total. The van der Waals surface area contributed by atoms with E-state index in [1.165, 1.54) is 6.42 Å². The first-order chi connectivity index (χ1) is 6.81. The van der Waals surface area contributed by atoms with E-state index in [0.717, 1.165) is 32.7 Å². The summed E-state index contributed by atoms with van der Waals surface area (Å²) in [5.74, 6) is 0. The molecule has 0 aromatic carbocycles. The maximum Gasteiger partial charge on any atom is 0.0599 e. The molecule has 0 spiro atoms. The van der Waals surface area contributed by atoms with Gasteiger partial charge in [0.2, 0.25) is 0 Å². The van der Waals surface area contributed by atoms with Crippen LogP contribution in [0.25, 0.3) is 0 Å². The normalized spacial score (nSPS) is 36.4. The third-order valence-corrected chi connectivity index (χ3v) is 3.45. The van der Waals surface area contributed by atoms with Crippen LogP contribution in [0.4, 0.5) is 0 Å². The van der Waals surface area contributed by atoms with Gasteiger partial charge in [-0.3, -0.25) is 4.90 Å². The number of nitrogens with zero attached hydrogens (tertiary/aromatic N) is 2. The molecule has 14 heavy (non-hydrogen) atoms. The number of rotatable bonds is 2. The highest BCUT2D eigenvalue weighted by atomic mass is 16.3. The lowest BCUT2D eigenvalue weighted by atomic mass is 10.1. The van der Waals surface area contributed by atoms with E-state index in [1.54, 1.807) is 0 Å². The topological polar surface area (TPSA) is 38.7 Å². The van der Waals surface area contributed by atoms with Gasteiger partial charge in [-0.1, -0.05) is 0 Å². The Balaban J connectivity index is 1.94. The molecule has 2 fully saturated rings. The molecule has 0 saturated carbocycles. The third-order valence-electron chi connectivity index (χ3n) is 3.45. The number of aliphatic hydroxyl groups excluding tert-OH is 1. The minimum atomic E-state index is 0.292. The van der Waals surface area contributed by atoms with E-state index < -0.39 is 0 Å². The van der Waals surface area contributed by atoms with Crippen molar-refractivity contribution in [1.29, 1.82) is 0 Å². The summed E-state index contributed by atoms with van der Waals surface area (Å²) >= 11 is 0. The number of piperazine rings is 1. The van der Waals surface area contributed by atoms with E-state index in [-0.39, 0.29) is 0 Å². The van der Waals surface area contributed by atoms with Gasteiger partial charge < -0.3 is 15.3 Å². The van der Waals surface area contributed by atoms with Crippen LogP contribution in [0, 0.1) is 0 Å². The molecule has 0 radical (unpaired) electrons. The average molecular weight is 199 g/mol. The summed E-state index contributed by atoms with van der Waals surface area (Å²) in [7, 11) is 2.13. The van der Waals surface area contributed by atoms with Gasteiger partial charge in [0, 0.05) is 38.3 Å². The van der Waals surface area contributed by atoms with Gasteiger partial charge in [0.15, 0.2) is 0 Å². The van der Waals surface area contributed by atoms with Crippen LogP contribution in [-0.2, 0) is 0 Å². The molecule has 2 atom stereocenters. The first kappa shape index (κ1) is 10.4. The average Bonchev–Trinajstić information content (AvgIpc) is 2.70.